The quantitative estimate of drug-likeness (QED) is 0.242. The molecule has 1 heterocycles. The average molecular weight is 460 g/mol. The maximum atomic E-state index is 13.2. The Bertz CT molecular complexity index is 1280. The van der Waals surface area contributed by atoms with E-state index < -0.39 is 0 Å². The van der Waals surface area contributed by atoms with Gasteiger partial charge in [0.2, 0.25) is 0 Å². The summed E-state index contributed by atoms with van der Waals surface area (Å²) in [5.41, 5.74) is 7.17. The molecule has 4 aromatic rings. The van der Waals surface area contributed by atoms with Gasteiger partial charge in [-0.2, -0.15) is 5.10 Å². The molecule has 33 heavy (non-hydrogen) atoms. The van der Waals surface area contributed by atoms with Crippen LogP contribution in [-0.2, 0) is 4.79 Å². The lowest BCUT2D eigenvalue weighted by Gasteiger charge is -2.11. The highest BCUT2D eigenvalue weighted by molar-refractivity contribution is 7.99. The van der Waals surface area contributed by atoms with Gasteiger partial charge in [-0.1, -0.05) is 71.4 Å². The normalized spacial score (nSPS) is 11.1. The first-order valence-electron chi connectivity index (χ1n) is 10.3. The number of aromatic nitrogens is 3. The molecule has 0 radical (unpaired) electrons. The van der Waals surface area contributed by atoms with Crippen molar-refractivity contribution in [3.05, 3.63) is 95.3 Å². The molecule has 0 saturated carbocycles. The molecule has 0 spiro atoms. The molecular formula is C25H22FN5OS. The fourth-order valence-corrected chi connectivity index (χ4v) is 3.85. The number of hydrogen-bond acceptors (Lipinski definition) is 5. The maximum Gasteiger partial charge on any atom is 0.250 e. The van der Waals surface area contributed by atoms with E-state index >= 15 is 0 Å². The molecule has 8 heteroatoms. The van der Waals surface area contributed by atoms with Crippen LogP contribution >= 0.6 is 11.8 Å². The maximum absolute atomic E-state index is 13.2. The van der Waals surface area contributed by atoms with Crippen LogP contribution in [-0.4, -0.2) is 32.6 Å². The van der Waals surface area contributed by atoms with Crippen molar-refractivity contribution in [1.82, 2.24) is 20.2 Å². The summed E-state index contributed by atoms with van der Waals surface area (Å²) >= 11 is 1.26. The van der Waals surface area contributed by atoms with Gasteiger partial charge in [-0.05, 0) is 43.7 Å². The number of carbonyl (C=O) groups excluding carboxylic acids is 1. The predicted octanol–water partition coefficient (Wildman–Crippen LogP) is 4.93. The van der Waals surface area contributed by atoms with E-state index in [1.807, 2.05) is 66.9 Å². The van der Waals surface area contributed by atoms with E-state index in [2.05, 4.69) is 20.7 Å². The van der Waals surface area contributed by atoms with E-state index in [1.54, 1.807) is 12.1 Å². The van der Waals surface area contributed by atoms with Crippen molar-refractivity contribution < 1.29 is 9.18 Å². The van der Waals surface area contributed by atoms with Crippen LogP contribution in [0, 0.1) is 19.7 Å². The van der Waals surface area contributed by atoms with E-state index in [0.717, 1.165) is 22.4 Å². The zero-order valence-corrected chi connectivity index (χ0v) is 19.0. The average Bonchev–Trinajstić information content (AvgIpc) is 3.23. The molecule has 0 bridgehead atoms. The van der Waals surface area contributed by atoms with Crippen molar-refractivity contribution in [2.45, 2.75) is 19.0 Å². The summed E-state index contributed by atoms with van der Waals surface area (Å²) in [6.45, 7) is 4.06. The van der Waals surface area contributed by atoms with Crippen molar-refractivity contribution in [1.29, 1.82) is 0 Å². The molecule has 0 aliphatic rings. The third kappa shape index (κ3) is 5.72. The molecule has 0 fully saturated rings. The van der Waals surface area contributed by atoms with Crippen LogP contribution in [0.5, 0.6) is 0 Å². The van der Waals surface area contributed by atoms with Gasteiger partial charge in [0.15, 0.2) is 11.0 Å². The number of amides is 1. The number of thioether (sulfide) groups is 1. The minimum atomic E-state index is -0.361. The first-order valence-corrected chi connectivity index (χ1v) is 11.3. The number of rotatable bonds is 7. The van der Waals surface area contributed by atoms with Crippen LogP contribution in [0.4, 0.5) is 4.39 Å². The predicted molar refractivity (Wildman–Crippen MR) is 129 cm³/mol. The summed E-state index contributed by atoms with van der Waals surface area (Å²) in [4.78, 5) is 12.3. The fraction of sp³-hybridized carbons (Fsp3) is 0.120. The first kappa shape index (κ1) is 22.4. The Balaban J connectivity index is 1.51. The van der Waals surface area contributed by atoms with E-state index in [-0.39, 0.29) is 17.5 Å². The minimum Gasteiger partial charge on any atom is -0.272 e. The summed E-state index contributed by atoms with van der Waals surface area (Å²) in [6.07, 6.45) is 1.40. The number of hydrogen-bond donors (Lipinski definition) is 1. The third-order valence-corrected chi connectivity index (χ3v) is 5.75. The van der Waals surface area contributed by atoms with Gasteiger partial charge in [0.05, 0.1) is 12.0 Å². The molecule has 1 aromatic heterocycles. The molecule has 166 valence electrons. The van der Waals surface area contributed by atoms with Crippen LogP contribution in [0.2, 0.25) is 0 Å². The van der Waals surface area contributed by atoms with Gasteiger partial charge in [0, 0.05) is 11.3 Å². The topological polar surface area (TPSA) is 72.2 Å². The van der Waals surface area contributed by atoms with Crippen LogP contribution in [0.1, 0.15) is 16.7 Å². The zero-order valence-electron chi connectivity index (χ0n) is 18.2. The van der Waals surface area contributed by atoms with Gasteiger partial charge in [-0.15, -0.1) is 10.2 Å². The highest BCUT2D eigenvalue weighted by atomic mass is 32.2. The van der Waals surface area contributed by atoms with Gasteiger partial charge in [-0.3, -0.25) is 9.36 Å². The Labute approximate surface area is 195 Å². The Morgan fingerprint density at radius 2 is 1.73 bits per heavy atom. The van der Waals surface area contributed by atoms with Gasteiger partial charge in [0.25, 0.3) is 5.91 Å². The Morgan fingerprint density at radius 1 is 1.03 bits per heavy atom. The number of nitrogens with zero attached hydrogens (tertiary/aromatic N) is 4. The Hall–Kier alpha value is -3.78. The summed E-state index contributed by atoms with van der Waals surface area (Å²) in [7, 11) is 0. The highest BCUT2D eigenvalue weighted by Crippen LogP contribution is 2.28. The second kappa shape index (κ2) is 10.2. The molecule has 0 aliphatic heterocycles. The zero-order chi connectivity index (χ0) is 23.2. The minimum absolute atomic E-state index is 0.0956. The number of carbonyl (C=O) groups is 1. The molecule has 4 rings (SSSR count). The molecule has 1 N–H and O–H groups in total. The van der Waals surface area contributed by atoms with Gasteiger partial charge < -0.3 is 0 Å². The SMILES string of the molecule is Cc1ccc(-c2nnc(SCC(=O)N/N=C\c3cccc(F)c3)n2-c2ccc(C)cc2)cc1. The summed E-state index contributed by atoms with van der Waals surface area (Å²) in [6, 6.07) is 22.1. The molecule has 0 atom stereocenters. The number of halogens is 1. The standard InChI is InChI=1S/C25H22FN5OS/c1-17-6-10-20(11-7-17)24-29-30-25(31(24)22-12-8-18(2)9-13-22)33-16-23(32)28-27-15-19-4-3-5-21(26)14-19/h3-15H,16H2,1-2H3,(H,28,32)/b27-15-. The van der Waals surface area contributed by atoms with Crippen molar-refractivity contribution in [3.8, 4) is 17.1 Å². The summed E-state index contributed by atoms with van der Waals surface area (Å²) in [5, 5.41) is 13.2. The number of aryl methyl sites for hydroxylation is 2. The largest absolute Gasteiger partial charge is 0.272 e. The van der Waals surface area contributed by atoms with Gasteiger partial charge in [-0.25, -0.2) is 9.82 Å². The van der Waals surface area contributed by atoms with Gasteiger partial charge >= 0.3 is 0 Å². The van der Waals surface area contributed by atoms with E-state index in [9.17, 15) is 9.18 Å². The van der Waals surface area contributed by atoms with Crippen molar-refractivity contribution in [2.75, 3.05) is 5.75 Å². The van der Waals surface area contributed by atoms with Crippen molar-refractivity contribution in [3.63, 3.8) is 0 Å². The Kier molecular flexibility index (Phi) is 6.95. The number of benzene rings is 3. The summed E-state index contributed by atoms with van der Waals surface area (Å²) < 4.78 is 15.2. The first-order chi connectivity index (χ1) is 16.0. The van der Waals surface area contributed by atoms with E-state index in [1.165, 1.54) is 30.1 Å². The van der Waals surface area contributed by atoms with E-state index in [0.29, 0.717) is 16.5 Å². The lowest BCUT2D eigenvalue weighted by Crippen LogP contribution is -2.20. The monoisotopic (exact) mass is 459 g/mol. The van der Waals surface area contributed by atoms with Gasteiger partial charge in [0.1, 0.15) is 5.82 Å². The lowest BCUT2D eigenvalue weighted by atomic mass is 10.1. The molecule has 0 aliphatic carbocycles. The molecule has 3 aromatic carbocycles. The van der Waals surface area contributed by atoms with Crippen molar-refractivity contribution >= 4 is 23.9 Å². The Morgan fingerprint density at radius 3 is 2.42 bits per heavy atom. The molecule has 0 saturated heterocycles. The van der Waals surface area contributed by atoms with Crippen LogP contribution in [0.3, 0.4) is 0 Å². The highest BCUT2D eigenvalue weighted by Gasteiger charge is 2.17. The second-order valence-electron chi connectivity index (χ2n) is 7.48. The lowest BCUT2D eigenvalue weighted by molar-refractivity contribution is -0.118. The van der Waals surface area contributed by atoms with E-state index in [4.69, 9.17) is 0 Å². The molecular weight excluding hydrogens is 437 g/mol. The summed E-state index contributed by atoms with van der Waals surface area (Å²) in [5.74, 6) is 0.132. The number of hydrazone groups is 1. The van der Waals surface area contributed by atoms with Crippen LogP contribution < -0.4 is 5.43 Å². The smallest absolute Gasteiger partial charge is 0.250 e. The number of nitrogens with one attached hydrogen (secondary N) is 1. The fourth-order valence-electron chi connectivity index (χ4n) is 3.11. The molecule has 0 unspecified atom stereocenters. The van der Waals surface area contributed by atoms with Crippen LogP contribution in [0.25, 0.3) is 17.1 Å². The molecule has 6 nitrogen and oxygen atoms in total. The van der Waals surface area contributed by atoms with Crippen molar-refractivity contribution in [2.24, 2.45) is 5.10 Å². The molecule has 1 amide bonds. The second-order valence-corrected chi connectivity index (χ2v) is 8.42. The third-order valence-electron chi connectivity index (χ3n) is 4.82. The van der Waals surface area contributed by atoms with Crippen LogP contribution in [0.15, 0.2) is 83.1 Å².